The topological polar surface area (TPSA) is 160 Å². The fraction of sp³-hybridized carbons (Fsp3) is 0.0556. The molecule has 142 valence electrons. The molecule has 0 radical (unpaired) electrons. The Morgan fingerprint density at radius 1 is 1.04 bits per heavy atom. The summed E-state index contributed by atoms with van der Waals surface area (Å²) < 4.78 is 0. The van der Waals surface area contributed by atoms with E-state index in [2.05, 4.69) is 25.5 Å². The van der Waals surface area contributed by atoms with Gasteiger partial charge < -0.3 is 25.5 Å². The van der Waals surface area contributed by atoms with E-state index in [1.54, 1.807) is 18.2 Å². The van der Waals surface area contributed by atoms with Crippen LogP contribution in [-0.2, 0) is 4.79 Å². The number of rotatable bonds is 5. The second kappa shape index (κ2) is 7.58. The van der Waals surface area contributed by atoms with E-state index in [-0.39, 0.29) is 28.4 Å². The molecule has 0 unspecified atom stereocenters. The molecule has 10 heteroatoms. The van der Waals surface area contributed by atoms with Gasteiger partial charge in [-0.3, -0.25) is 4.79 Å². The predicted molar refractivity (Wildman–Crippen MR) is 101 cm³/mol. The van der Waals surface area contributed by atoms with Gasteiger partial charge in [0.2, 0.25) is 0 Å². The molecule has 1 aromatic heterocycles. The number of azo groups is 1. The summed E-state index contributed by atoms with van der Waals surface area (Å²) in [5.41, 5.74) is 0.954. The SMILES string of the molecule is CC(O)=C(N=Nc1cccc(C(=O)O)c1)C(=O)Nc1ccc2[nH]c(=O)[nH]c2c1. The highest BCUT2D eigenvalue weighted by molar-refractivity contribution is 6.04. The van der Waals surface area contributed by atoms with Crippen LogP contribution in [0.15, 0.2) is 68.9 Å². The van der Waals surface area contributed by atoms with Crippen molar-refractivity contribution in [3.63, 3.8) is 0 Å². The summed E-state index contributed by atoms with van der Waals surface area (Å²) in [7, 11) is 0. The van der Waals surface area contributed by atoms with E-state index in [0.717, 1.165) is 0 Å². The van der Waals surface area contributed by atoms with Crippen molar-refractivity contribution in [3.8, 4) is 0 Å². The average Bonchev–Trinajstić information content (AvgIpc) is 3.01. The normalized spacial score (nSPS) is 12.2. The van der Waals surface area contributed by atoms with Gasteiger partial charge in [0, 0.05) is 5.69 Å². The summed E-state index contributed by atoms with van der Waals surface area (Å²) in [6, 6.07) is 10.4. The Kier molecular flexibility index (Phi) is 5.03. The monoisotopic (exact) mass is 381 g/mol. The van der Waals surface area contributed by atoms with Crippen molar-refractivity contribution in [1.29, 1.82) is 0 Å². The van der Waals surface area contributed by atoms with Crippen LogP contribution in [0, 0.1) is 0 Å². The van der Waals surface area contributed by atoms with Crippen LogP contribution in [0.4, 0.5) is 11.4 Å². The van der Waals surface area contributed by atoms with Crippen molar-refractivity contribution in [2.75, 3.05) is 5.32 Å². The fourth-order valence-electron chi connectivity index (χ4n) is 2.39. The number of nitrogens with one attached hydrogen (secondary N) is 3. The zero-order chi connectivity index (χ0) is 20.3. The van der Waals surface area contributed by atoms with E-state index in [4.69, 9.17) is 5.11 Å². The number of allylic oxidation sites excluding steroid dienone is 1. The molecule has 0 bridgehead atoms. The zero-order valence-corrected chi connectivity index (χ0v) is 14.6. The molecule has 0 aliphatic heterocycles. The van der Waals surface area contributed by atoms with Crippen LogP contribution in [0.1, 0.15) is 17.3 Å². The van der Waals surface area contributed by atoms with Gasteiger partial charge >= 0.3 is 11.7 Å². The minimum atomic E-state index is -1.12. The third-order valence-corrected chi connectivity index (χ3v) is 3.69. The summed E-state index contributed by atoms with van der Waals surface area (Å²) in [6.45, 7) is 1.27. The van der Waals surface area contributed by atoms with Gasteiger partial charge in [-0.15, -0.1) is 5.11 Å². The lowest BCUT2D eigenvalue weighted by atomic mass is 10.2. The van der Waals surface area contributed by atoms with E-state index in [9.17, 15) is 19.5 Å². The number of benzene rings is 2. The van der Waals surface area contributed by atoms with Crippen LogP contribution in [-0.4, -0.2) is 32.1 Å². The van der Waals surface area contributed by atoms with Crippen molar-refractivity contribution in [1.82, 2.24) is 9.97 Å². The maximum Gasteiger partial charge on any atom is 0.335 e. The molecule has 0 aliphatic carbocycles. The van der Waals surface area contributed by atoms with Crippen LogP contribution < -0.4 is 11.0 Å². The van der Waals surface area contributed by atoms with Gasteiger partial charge in [-0.25, -0.2) is 9.59 Å². The second-order valence-corrected chi connectivity index (χ2v) is 5.78. The molecule has 0 saturated carbocycles. The molecule has 0 atom stereocenters. The molecular formula is C18H15N5O5. The highest BCUT2D eigenvalue weighted by Gasteiger charge is 2.14. The number of aliphatic hydroxyl groups is 1. The Morgan fingerprint density at radius 2 is 1.79 bits per heavy atom. The van der Waals surface area contributed by atoms with Crippen molar-refractivity contribution in [2.45, 2.75) is 6.92 Å². The Labute approximate surface area is 157 Å². The number of anilines is 1. The van der Waals surface area contributed by atoms with Crippen molar-refractivity contribution < 1.29 is 19.8 Å². The standard InChI is InChI=1S/C18H15N5O5/c1-9(24)15(23-22-12-4-2-3-10(7-12)17(26)27)16(25)19-11-5-6-13-14(8-11)21-18(28)20-13/h2-8,24H,1H3,(H,19,25)(H,26,27)(H2,20,21,28). The van der Waals surface area contributed by atoms with Gasteiger partial charge in [0.05, 0.1) is 22.3 Å². The number of carboxylic acid groups (broad SMARTS) is 1. The summed E-state index contributed by atoms with van der Waals surface area (Å²) in [4.78, 5) is 39.9. The van der Waals surface area contributed by atoms with Gasteiger partial charge in [0.15, 0.2) is 5.70 Å². The van der Waals surface area contributed by atoms with Crippen LogP contribution in [0.2, 0.25) is 0 Å². The van der Waals surface area contributed by atoms with Crippen LogP contribution in [0.3, 0.4) is 0 Å². The molecule has 2 aromatic carbocycles. The van der Waals surface area contributed by atoms with Crippen LogP contribution >= 0.6 is 0 Å². The maximum absolute atomic E-state index is 12.4. The number of aliphatic hydroxyl groups excluding tert-OH is 1. The van der Waals surface area contributed by atoms with Crippen molar-refractivity contribution in [2.24, 2.45) is 10.2 Å². The largest absolute Gasteiger partial charge is 0.510 e. The average molecular weight is 381 g/mol. The molecule has 28 heavy (non-hydrogen) atoms. The quantitative estimate of drug-likeness (QED) is 0.260. The number of aromatic nitrogens is 2. The molecule has 1 heterocycles. The van der Waals surface area contributed by atoms with Gasteiger partial charge in [-0.2, -0.15) is 5.11 Å². The highest BCUT2D eigenvalue weighted by atomic mass is 16.4. The Balaban J connectivity index is 1.82. The minimum absolute atomic E-state index is 0.0148. The zero-order valence-electron chi connectivity index (χ0n) is 14.6. The van der Waals surface area contributed by atoms with E-state index in [1.807, 2.05) is 0 Å². The van der Waals surface area contributed by atoms with Crippen LogP contribution in [0.5, 0.6) is 0 Å². The minimum Gasteiger partial charge on any atom is -0.510 e. The highest BCUT2D eigenvalue weighted by Crippen LogP contribution is 2.19. The molecule has 0 aliphatic rings. The first-order chi connectivity index (χ1) is 13.3. The van der Waals surface area contributed by atoms with Crippen molar-refractivity contribution >= 4 is 34.3 Å². The molecule has 1 amide bonds. The summed E-state index contributed by atoms with van der Waals surface area (Å²) in [5.74, 6) is -2.22. The number of amides is 1. The van der Waals surface area contributed by atoms with E-state index >= 15 is 0 Å². The maximum atomic E-state index is 12.4. The fourth-order valence-corrected chi connectivity index (χ4v) is 2.39. The summed E-state index contributed by atoms with van der Waals surface area (Å²) >= 11 is 0. The number of aromatic amines is 2. The number of carbonyl (C=O) groups excluding carboxylic acids is 1. The Hall–Kier alpha value is -4.21. The molecule has 10 nitrogen and oxygen atoms in total. The van der Waals surface area contributed by atoms with Gasteiger partial charge in [0.1, 0.15) is 5.76 Å². The van der Waals surface area contributed by atoms with E-state index in [1.165, 1.54) is 31.2 Å². The number of imidazole rings is 1. The number of carbonyl (C=O) groups is 2. The molecule has 0 saturated heterocycles. The van der Waals surface area contributed by atoms with Crippen LogP contribution in [0.25, 0.3) is 11.0 Å². The lowest BCUT2D eigenvalue weighted by Crippen LogP contribution is -2.14. The number of H-pyrrole nitrogens is 2. The first kappa shape index (κ1) is 18.6. The summed E-state index contributed by atoms with van der Waals surface area (Å²) in [6.07, 6.45) is 0. The third kappa shape index (κ3) is 4.12. The molecule has 3 rings (SSSR count). The first-order valence-electron chi connectivity index (χ1n) is 8.02. The summed E-state index contributed by atoms with van der Waals surface area (Å²) in [5, 5.41) is 28.9. The Morgan fingerprint density at radius 3 is 2.50 bits per heavy atom. The lowest BCUT2D eigenvalue weighted by Gasteiger charge is -2.06. The van der Waals surface area contributed by atoms with E-state index in [0.29, 0.717) is 16.7 Å². The van der Waals surface area contributed by atoms with Gasteiger partial charge in [0.25, 0.3) is 5.91 Å². The molecule has 0 spiro atoms. The molecule has 0 fully saturated rings. The molecule has 3 aromatic rings. The number of fused-ring (bicyclic) bond motifs is 1. The molecule has 5 N–H and O–H groups in total. The lowest BCUT2D eigenvalue weighted by molar-refractivity contribution is -0.113. The number of nitrogens with zero attached hydrogens (tertiary/aromatic N) is 2. The first-order valence-corrected chi connectivity index (χ1v) is 8.02. The third-order valence-electron chi connectivity index (χ3n) is 3.69. The smallest absolute Gasteiger partial charge is 0.335 e. The van der Waals surface area contributed by atoms with E-state index < -0.39 is 11.9 Å². The van der Waals surface area contributed by atoms with Gasteiger partial charge in [-0.1, -0.05) is 6.07 Å². The number of hydrogen-bond donors (Lipinski definition) is 5. The number of carboxylic acids is 1. The van der Waals surface area contributed by atoms with Crippen molar-refractivity contribution in [3.05, 3.63) is 70.0 Å². The van der Waals surface area contributed by atoms with Gasteiger partial charge in [-0.05, 0) is 43.3 Å². The number of aromatic carboxylic acids is 1. The molecular weight excluding hydrogens is 366 g/mol. The predicted octanol–water partition coefficient (Wildman–Crippen LogP) is 3.07. The second-order valence-electron chi connectivity index (χ2n) is 5.78. The Bertz CT molecular complexity index is 1180. The number of hydrogen-bond acceptors (Lipinski definition) is 6.